The van der Waals surface area contributed by atoms with E-state index < -0.39 is 0 Å². The van der Waals surface area contributed by atoms with Crippen LogP contribution in [0.5, 0.6) is 5.75 Å². The summed E-state index contributed by atoms with van der Waals surface area (Å²) in [4.78, 5) is 11.3. The molecule has 1 aromatic rings. The topological polar surface area (TPSA) is 26.3 Å². The molecule has 0 spiro atoms. The average molecular weight is 216 g/mol. The number of benzene rings is 1. The summed E-state index contributed by atoms with van der Waals surface area (Å²) >= 11 is 0. The largest absolute Gasteiger partial charge is 0.493 e. The third kappa shape index (κ3) is 2.51. The molecule has 84 valence electrons. The number of hydrogen-bond donors (Lipinski definition) is 0. The molecule has 2 nitrogen and oxygen atoms in total. The smallest absolute Gasteiger partial charge is 0.155 e. The molecule has 0 N–H and O–H groups in total. The Morgan fingerprint density at radius 1 is 1.50 bits per heavy atom. The Hall–Kier alpha value is -1.57. The van der Waals surface area contributed by atoms with E-state index >= 15 is 0 Å². The van der Waals surface area contributed by atoms with Gasteiger partial charge in [-0.3, -0.25) is 4.79 Å². The lowest BCUT2D eigenvalue weighted by molar-refractivity contribution is -0.114. The molecule has 1 aliphatic heterocycles. The van der Waals surface area contributed by atoms with E-state index in [1.54, 1.807) is 6.08 Å². The van der Waals surface area contributed by atoms with Crippen molar-refractivity contribution in [3.8, 4) is 5.75 Å². The summed E-state index contributed by atoms with van der Waals surface area (Å²) in [5.41, 5.74) is 2.32. The number of fused-ring (bicyclic) bond motifs is 1. The molecule has 1 aromatic carbocycles. The van der Waals surface area contributed by atoms with E-state index in [-0.39, 0.29) is 5.78 Å². The average Bonchev–Trinajstić information content (AvgIpc) is 2.74. The minimum Gasteiger partial charge on any atom is -0.493 e. The monoisotopic (exact) mass is 216 g/mol. The fourth-order valence-corrected chi connectivity index (χ4v) is 1.83. The van der Waals surface area contributed by atoms with Crippen LogP contribution in [0.2, 0.25) is 0 Å². The van der Waals surface area contributed by atoms with Gasteiger partial charge in [-0.25, -0.2) is 0 Å². The first-order valence-electron chi connectivity index (χ1n) is 5.76. The van der Waals surface area contributed by atoms with Crippen molar-refractivity contribution in [3.05, 3.63) is 35.4 Å². The van der Waals surface area contributed by atoms with Crippen LogP contribution < -0.4 is 4.74 Å². The maximum atomic E-state index is 11.3. The molecule has 0 atom stereocenters. The molecular weight excluding hydrogens is 200 g/mol. The molecule has 1 heterocycles. The van der Waals surface area contributed by atoms with Crippen molar-refractivity contribution in [2.75, 3.05) is 6.61 Å². The molecular formula is C14H16O2. The molecule has 0 aliphatic carbocycles. The molecule has 2 rings (SSSR count). The second-order valence-corrected chi connectivity index (χ2v) is 4.02. The van der Waals surface area contributed by atoms with Crippen LogP contribution in [0.15, 0.2) is 24.3 Å². The quantitative estimate of drug-likeness (QED) is 0.723. The van der Waals surface area contributed by atoms with Crippen molar-refractivity contribution in [2.45, 2.75) is 26.2 Å². The molecule has 0 amide bonds. The van der Waals surface area contributed by atoms with Crippen molar-refractivity contribution >= 4 is 11.9 Å². The van der Waals surface area contributed by atoms with Crippen molar-refractivity contribution in [2.24, 2.45) is 0 Å². The number of allylic oxidation sites excluding steroid dienone is 1. The predicted octanol–water partition coefficient (Wildman–Crippen LogP) is 3.00. The highest BCUT2D eigenvalue weighted by Gasteiger charge is 2.10. The van der Waals surface area contributed by atoms with Gasteiger partial charge >= 0.3 is 0 Å². The second kappa shape index (κ2) is 4.97. The molecule has 0 radical (unpaired) electrons. The van der Waals surface area contributed by atoms with Crippen LogP contribution in [-0.2, 0) is 11.2 Å². The van der Waals surface area contributed by atoms with Gasteiger partial charge in [0.25, 0.3) is 0 Å². The van der Waals surface area contributed by atoms with Gasteiger partial charge < -0.3 is 4.74 Å². The van der Waals surface area contributed by atoms with Gasteiger partial charge in [-0.05, 0) is 35.8 Å². The van der Waals surface area contributed by atoms with E-state index in [2.05, 4.69) is 6.07 Å². The lowest BCUT2D eigenvalue weighted by Crippen LogP contribution is -1.89. The van der Waals surface area contributed by atoms with Gasteiger partial charge in [0.2, 0.25) is 0 Å². The summed E-state index contributed by atoms with van der Waals surface area (Å²) in [5, 5.41) is 0. The second-order valence-electron chi connectivity index (χ2n) is 4.02. The Kier molecular flexibility index (Phi) is 3.40. The summed E-state index contributed by atoms with van der Waals surface area (Å²) in [6.07, 6.45) is 6.06. The molecule has 16 heavy (non-hydrogen) atoms. The highest BCUT2D eigenvalue weighted by Crippen LogP contribution is 2.26. The molecule has 0 saturated heterocycles. The maximum absolute atomic E-state index is 11.3. The first kappa shape index (κ1) is 10.9. The van der Waals surface area contributed by atoms with E-state index in [1.807, 2.05) is 25.1 Å². The summed E-state index contributed by atoms with van der Waals surface area (Å²) in [6.45, 7) is 2.79. The standard InChI is InChI=1S/C14H16O2/c1-2-3-13(15)6-4-11-5-7-14-12(10-11)8-9-16-14/h4-7,10H,2-3,8-9H2,1H3/b6-4+. The predicted molar refractivity (Wildman–Crippen MR) is 64.6 cm³/mol. The SMILES string of the molecule is CCCC(=O)/C=C/c1ccc2c(c1)CCO2. The number of carbonyl (C=O) groups excluding carboxylic acids is 1. The highest BCUT2D eigenvalue weighted by atomic mass is 16.5. The van der Waals surface area contributed by atoms with Crippen molar-refractivity contribution in [1.29, 1.82) is 0 Å². The molecule has 0 fully saturated rings. The minimum absolute atomic E-state index is 0.194. The molecule has 0 unspecified atom stereocenters. The zero-order valence-corrected chi connectivity index (χ0v) is 9.53. The van der Waals surface area contributed by atoms with E-state index in [9.17, 15) is 4.79 Å². The molecule has 0 bridgehead atoms. The Balaban J connectivity index is 2.08. The van der Waals surface area contributed by atoms with Crippen LogP contribution in [0.25, 0.3) is 6.08 Å². The minimum atomic E-state index is 0.194. The van der Waals surface area contributed by atoms with Gasteiger partial charge in [-0.15, -0.1) is 0 Å². The van der Waals surface area contributed by atoms with Gasteiger partial charge in [-0.1, -0.05) is 19.1 Å². The van der Waals surface area contributed by atoms with Crippen LogP contribution in [0.1, 0.15) is 30.9 Å². The highest BCUT2D eigenvalue weighted by molar-refractivity contribution is 5.93. The third-order valence-electron chi connectivity index (χ3n) is 2.67. The van der Waals surface area contributed by atoms with Gasteiger partial charge in [0, 0.05) is 12.8 Å². The number of ether oxygens (including phenoxy) is 1. The van der Waals surface area contributed by atoms with Crippen LogP contribution in [0.3, 0.4) is 0 Å². The van der Waals surface area contributed by atoms with Crippen LogP contribution in [0, 0.1) is 0 Å². The Bertz CT molecular complexity index is 419. The van der Waals surface area contributed by atoms with E-state index in [0.29, 0.717) is 6.42 Å². The normalized spacial score (nSPS) is 13.8. The first-order valence-corrected chi connectivity index (χ1v) is 5.76. The van der Waals surface area contributed by atoms with Crippen LogP contribution in [-0.4, -0.2) is 12.4 Å². The molecule has 2 heteroatoms. The number of carbonyl (C=O) groups is 1. The van der Waals surface area contributed by atoms with Crippen molar-refractivity contribution < 1.29 is 9.53 Å². The third-order valence-corrected chi connectivity index (χ3v) is 2.67. The maximum Gasteiger partial charge on any atom is 0.155 e. The zero-order valence-electron chi connectivity index (χ0n) is 9.53. The van der Waals surface area contributed by atoms with E-state index in [0.717, 1.165) is 30.8 Å². The Labute approximate surface area is 95.9 Å². The van der Waals surface area contributed by atoms with E-state index in [1.165, 1.54) is 5.56 Å². The van der Waals surface area contributed by atoms with Crippen LogP contribution >= 0.6 is 0 Å². The first-order chi connectivity index (χ1) is 7.79. The van der Waals surface area contributed by atoms with Crippen molar-refractivity contribution in [3.63, 3.8) is 0 Å². The summed E-state index contributed by atoms with van der Waals surface area (Å²) in [5.74, 6) is 1.18. The zero-order chi connectivity index (χ0) is 11.4. The fraction of sp³-hybridized carbons (Fsp3) is 0.357. The molecule has 0 aromatic heterocycles. The Morgan fingerprint density at radius 3 is 3.19 bits per heavy atom. The fourth-order valence-electron chi connectivity index (χ4n) is 1.83. The van der Waals surface area contributed by atoms with E-state index in [4.69, 9.17) is 4.74 Å². The lowest BCUT2D eigenvalue weighted by atomic mass is 10.1. The number of hydrogen-bond acceptors (Lipinski definition) is 2. The van der Waals surface area contributed by atoms with Gasteiger partial charge in [-0.2, -0.15) is 0 Å². The lowest BCUT2D eigenvalue weighted by Gasteiger charge is -1.99. The molecule has 1 aliphatic rings. The van der Waals surface area contributed by atoms with Gasteiger partial charge in [0.1, 0.15) is 5.75 Å². The van der Waals surface area contributed by atoms with Gasteiger partial charge in [0.05, 0.1) is 6.61 Å². The summed E-state index contributed by atoms with van der Waals surface area (Å²) in [6, 6.07) is 6.06. The van der Waals surface area contributed by atoms with Gasteiger partial charge in [0.15, 0.2) is 5.78 Å². The summed E-state index contributed by atoms with van der Waals surface area (Å²) < 4.78 is 5.43. The van der Waals surface area contributed by atoms with Crippen molar-refractivity contribution in [1.82, 2.24) is 0 Å². The Morgan fingerprint density at radius 2 is 2.38 bits per heavy atom. The van der Waals surface area contributed by atoms with Crippen LogP contribution in [0.4, 0.5) is 0 Å². The number of ketones is 1. The summed E-state index contributed by atoms with van der Waals surface area (Å²) in [7, 11) is 0. The number of rotatable bonds is 4. The molecule has 0 saturated carbocycles.